The van der Waals surface area contributed by atoms with E-state index in [9.17, 15) is 9.59 Å². The quantitative estimate of drug-likeness (QED) is 0.267. The van der Waals surface area contributed by atoms with Crippen molar-refractivity contribution >= 4 is 41.0 Å². The molecule has 0 aliphatic carbocycles. The number of carbonyl (C=O) groups excluding carboxylic acids is 2. The number of halogens is 2. The molecule has 5 rings (SSSR count). The maximum Gasteiger partial charge on any atom is 0.307 e. The van der Waals surface area contributed by atoms with E-state index in [0.717, 1.165) is 63.5 Å². The first-order valence-corrected chi connectivity index (χ1v) is 16.3. The molecular weight excluding hydrogens is 631 g/mol. The minimum absolute atomic E-state index is 0.163. The fraction of sp³-hybridized carbons (Fsp3) is 0.469. The first kappa shape index (κ1) is 33.8. The third kappa shape index (κ3) is 9.97. The van der Waals surface area contributed by atoms with Gasteiger partial charge in [0.25, 0.3) is 0 Å². The lowest BCUT2D eigenvalue weighted by atomic mass is 10.1. The van der Waals surface area contributed by atoms with Crippen molar-refractivity contribution in [2.75, 3.05) is 77.0 Å². The molecule has 246 valence electrons. The molecule has 0 unspecified atom stereocenters. The molecule has 2 aliphatic rings. The molecule has 0 atom stereocenters. The zero-order valence-electron chi connectivity index (χ0n) is 26.0. The summed E-state index contributed by atoms with van der Waals surface area (Å²) in [6.45, 7) is 10.9. The third-order valence-corrected chi connectivity index (χ3v) is 8.43. The number of rotatable bonds is 13. The summed E-state index contributed by atoms with van der Waals surface area (Å²) >= 11 is 12.6. The van der Waals surface area contributed by atoms with Crippen molar-refractivity contribution in [1.82, 2.24) is 29.7 Å². The zero-order valence-corrected chi connectivity index (χ0v) is 27.5. The van der Waals surface area contributed by atoms with Crippen LogP contribution in [0.2, 0.25) is 10.0 Å². The molecule has 0 saturated carbocycles. The van der Waals surface area contributed by atoms with E-state index in [4.69, 9.17) is 43.4 Å². The van der Waals surface area contributed by atoms with Crippen molar-refractivity contribution in [2.45, 2.75) is 26.3 Å². The van der Waals surface area contributed by atoms with E-state index >= 15 is 0 Å². The molecule has 2 N–H and O–H groups in total. The van der Waals surface area contributed by atoms with E-state index in [0.29, 0.717) is 72.4 Å². The summed E-state index contributed by atoms with van der Waals surface area (Å²) in [5, 5.41) is 1.04. The number of nitrogens with two attached hydrogens (primary N) is 1. The average molecular weight is 672 g/mol. The summed E-state index contributed by atoms with van der Waals surface area (Å²) < 4.78 is 11.2. The summed E-state index contributed by atoms with van der Waals surface area (Å²) in [4.78, 5) is 45.8. The predicted octanol–water partition coefficient (Wildman–Crippen LogP) is 3.71. The van der Waals surface area contributed by atoms with Crippen LogP contribution in [0.5, 0.6) is 11.6 Å². The highest BCUT2D eigenvalue weighted by Crippen LogP contribution is 2.30. The molecule has 4 heterocycles. The van der Waals surface area contributed by atoms with Gasteiger partial charge in [0, 0.05) is 100 Å². The Balaban J connectivity index is 1.24. The number of anilines is 1. The Hall–Kier alpha value is -3.55. The molecule has 14 heteroatoms. The normalized spacial score (nSPS) is 16.4. The van der Waals surface area contributed by atoms with Crippen LogP contribution in [0.3, 0.4) is 0 Å². The number of benzene rings is 1. The van der Waals surface area contributed by atoms with E-state index in [1.807, 2.05) is 31.2 Å². The number of nitrogens with zero attached hydrogens (tertiary/aromatic N) is 7. The van der Waals surface area contributed by atoms with Crippen molar-refractivity contribution in [3.8, 4) is 22.9 Å². The van der Waals surface area contributed by atoms with Gasteiger partial charge in [0.2, 0.25) is 17.7 Å². The second-order valence-corrected chi connectivity index (χ2v) is 12.3. The standard InChI is InChI=1S/C32H40Cl2N8O4/c1-2-45-31(44)4-6-40-11-13-42(14-12-40)32-36-20-27(21-37-32)46-30-16-23(15-28(38-30)24-17-25(33)19-26(34)18-24)22-41-9-7-39(8-10-41)5-3-29(35)43/h15-21H,2-14,22H2,1H3,(H2,35,43). The second kappa shape index (κ2) is 16.3. The highest BCUT2D eigenvalue weighted by Gasteiger charge is 2.21. The molecule has 1 amide bonds. The second-order valence-electron chi connectivity index (χ2n) is 11.4. The topological polar surface area (TPSA) is 130 Å². The molecule has 2 saturated heterocycles. The van der Waals surface area contributed by atoms with Crippen LogP contribution >= 0.6 is 23.2 Å². The number of pyridine rings is 1. The average Bonchev–Trinajstić information content (AvgIpc) is 3.04. The molecule has 0 spiro atoms. The highest BCUT2D eigenvalue weighted by molar-refractivity contribution is 6.35. The van der Waals surface area contributed by atoms with Crippen LogP contribution in [0.15, 0.2) is 42.7 Å². The molecule has 2 aliphatic heterocycles. The molecule has 2 aromatic heterocycles. The van der Waals surface area contributed by atoms with E-state index in [-0.39, 0.29) is 11.9 Å². The van der Waals surface area contributed by atoms with Crippen LogP contribution in [-0.2, 0) is 20.9 Å². The number of amides is 1. The van der Waals surface area contributed by atoms with Gasteiger partial charge >= 0.3 is 5.97 Å². The number of hydrogen-bond donors (Lipinski definition) is 1. The summed E-state index contributed by atoms with van der Waals surface area (Å²) in [7, 11) is 0. The SMILES string of the molecule is CCOC(=O)CCN1CCN(c2ncc(Oc3cc(CN4CCN(CCC(N)=O)CC4)cc(-c4cc(Cl)cc(Cl)c4)n3)cn2)CC1. The minimum atomic E-state index is -0.275. The molecule has 0 radical (unpaired) electrons. The van der Waals surface area contributed by atoms with Gasteiger partial charge < -0.3 is 25.0 Å². The van der Waals surface area contributed by atoms with Crippen molar-refractivity contribution < 1.29 is 19.1 Å². The summed E-state index contributed by atoms with van der Waals surface area (Å²) in [5.74, 6) is 1.07. The lowest BCUT2D eigenvalue weighted by molar-refractivity contribution is -0.143. The van der Waals surface area contributed by atoms with Gasteiger partial charge in [-0.1, -0.05) is 23.2 Å². The van der Waals surface area contributed by atoms with E-state index < -0.39 is 0 Å². The van der Waals surface area contributed by atoms with Crippen LogP contribution in [0.4, 0.5) is 5.95 Å². The van der Waals surface area contributed by atoms with Crippen molar-refractivity contribution in [1.29, 1.82) is 0 Å². The summed E-state index contributed by atoms with van der Waals surface area (Å²) in [6.07, 6.45) is 4.08. The smallest absolute Gasteiger partial charge is 0.307 e. The van der Waals surface area contributed by atoms with Crippen LogP contribution in [0.25, 0.3) is 11.3 Å². The fourth-order valence-corrected chi connectivity index (χ4v) is 6.08. The van der Waals surface area contributed by atoms with Crippen molar-refractivity contribution in [3.63, 3.8) is 0 Å². The number of carbonyl (C=O) groups is 2. The summed E-state index contributed by atoms with van der Waals surface area (Å²) in [6, 6.07) is 9.30. The Morgan fingerprint density at radius 2 is 1.43 bits per heavy atom. The molecule has 1 aromatic carbocycles. The molecule has 46 heavy (non-hydrogen) atoms. The first-order valence-electron chi connectivity index (χ1n) is 15.6. The number of primary amides is 1. The maximum absolute atomic E-state index is 11.7. The van der Waals surface area contributed by atoms with Gasteiger partial charge in [-0.3, -0.25) is 19.4 Å². The van der Waals surface area contributed by atoms with E-state index in [2.05, 4.69) is 29.6 Å². The number of piperazine rings is 2. The van der Waals surface area contributed by atoms with Gasteiger partial charge in [0.05, 0.1) is 31.1 Å². The predicted molar refractivity (Wildman–Crippen MR) is 177 cm³/mol. The Bertz CT molecular complexity index is 1460. The van der Waals surface area contributed by atoms with Gasteiger partial charge in [-0.05, 0) is 36.8 Å². The molecule has 12 nitrogen and oxygen atoms in total. The number of aromatic nitrogens is 3. The Labute approximate surface area is 279 Å². The highest BCUT2D eigenvalue weighted by atomic mass is 35.5. The number of esters is 1. The van der Waals surface area contributed by atoms with E-state index in [1.54, 1.807) is 18.5 Å². The summed E-state index contributed by atoms with van der Waals surface area (Å²) in [5.41, 5.74) is 7.83. The van der Waals surface area contributed by atoms with Gasteiger partial charge in [0.15, 0.2) is 5.75 Å². The van der Waals surface area contributed by atoms with Gasteiger partial charge in [-0.15, -0.1) is 0 Å². The molecule has 0 bridgehead atoms. The zero-order chi connectivity index (χ0) is 32.5. The molecule has 2 fully saturated rings. The van der Waals surface area contributed by atoms with Crippen molar-refractivity contribution in [2.24, 2.45) is 5.73 Å². The maximum atomic E-state index is 11.7. The Morgan fingerprint density at radius 1 is 0.826 bits per heavy atom. The van der Waals surface area contributed by atoms with E-state index in [1.165, 1.54) is 0 Å². The monoisotopic (exact) mass is 670 g/mol. The van der Waals surface area contributed by atoms with Gasteiger partial charge in [-0.25, -0.2) is 15.0 Å². The Morgan fingerprint density at radius 3 is 2.07 bits per heavy atom. The third-order valence-electron chi connectivity index (χ3n) is 8.00. The molecule has 3 aromatic rings. The number of ether oxygens (including phenoxy) is 2. The molecular formula is C32H40Cl2N8O4. The minimum Gasteiger partial charge on any atom is -0.466 e. The van der Waals surface area contributed by atoms with Crippen LogP contribution in [-0.4, -0.2) is 114 Å². The lowest BCUT2D eigenvalue weighted by Gasteiger charge is -2.34. The van der Waals surface area contributed by atoms with Crippen LogP contribution in [0.1, 0.15) is 25.3 Å². The lowest BCUT2D eigenvalue weighted by Crippen LogP contribution is -2.47. The largest absolute Gasteiger partial charge is 0.466 e. The van der Waals surface area contributed by atoms with Gasteiger partial charge in [0.1, 0.15) is 0 Å². The van der Waals surface area contributed by atoms with Crippen molar-refractivity contribution in [3.05, 3.63) is 58.3 Å². The first-order chi connectivity index (χ1) is 22.2. The fourth-order valence-electron chi connectivity index (χ4n) is 5.55. The number of hydrogen-bond acceptors (Lipinski definition) is 11. The Kier molecular flexibility index (Phi) is 12.0. The van der Waals surface area contributed by atoms with Crippen LogP contribution in [0, 0.1) is 0 Å². The van der Waals surface area contributed by atoms with Gasteiger partial charge in [-0.2, -0.15) is 0 Å². The van der Waals surface area contributed by atoms with Crippen LogP contribution < -0.4 is 15.4 Å².